The normalized spacial score (nSPS) is 17.5. The van der Waals surface area contributed by atoms with Crippen LogP contribution in [-0.4, -0.2) is 40.5 Å². The third-order valence-corrected chi connectivity index (χ3v) is 7.66. The summed E-state index contributed by atoms with van der Waals surface area (Å²) in [6, 6.07) is 20.4. The Morgan fingerprint density at radius 2 is 1.62 bits per heavy atom. The summed E-state index contributed by atoms with van der Waals surface area (Å²) in [6.07, 6.45) is 0.294. The molecule has 42 heavy (non-hydrogen) atoms. The van der Waals surface area contributed by atoms with Crippen LogP contribution in [0.15, 0.2) is 72.8 Å². The first-order valence-electron chi connectivity index (χ1n) is 14.3. The number of para-hydroxylation sites is 1. The molecule has 1 aliphatic rings. The number of carbonyl (C=O) groups excluding carboxylic acids is 3. The van der Waals surface area contributed by atoms with Crippen LogP contribution in [0.4, 0.5) is 10.5 Å². The fourth-order valence-electron chi connectivity index (χ4n) is 5.02. The second kappa shape index (κ2) is 13.0. The maximum Gasteiger partial charge on any atom is 0.408 e. The highest BCUT2D eigenvalue weighted by Gasteiger charge is 2.48. The highest BCUT2D eigenvalue weighted by molar-refractivity contribution is 6.34. The number of aryl methyl sites for hydroxylation is 2. The summed E-state index contributed by atoms with van der Waals surface area (Å²) in [5.74, 6) is -0.537. The van der Waals surface area contributed by atoms with Crippen molar-refractivity contribution in [2.75, 3.05) is 5.32 Å². The SMILES string of the molecule is Cc1ccc(C(C(=O)Nc2c(C)cccc2Cl)N(C(=O)C(Cc2ccccc2)NC(=O)OC(C)(C)C)C2CC2C)cc1. The van der Waals surface area contributed by atoms with Crippen LogP contribution < -0.4 is 10.6 Å². The van der Waals surface area contributed by atoms with Crippen molar-refractivity contribution >= 4 is 35.2 Å². The molecule has 4 rings (SSSR count). The molecule has 0 bridgehead atoms. The van der Waals surface area contributed by atoms with Gasteiger partial charge in [-0.05, 0) is 69.7 Å². The Hall–Kier alpha value is -3.84. The molecule has 0 spiro atoms. The first-order valence-corrected chi connectivity index (χ1v) is 14.7. The summed E-state index contributed by atoms with van der Waals surface area (Å²) < 4.78 is 5.53. The number of benzene rings is 3. The summed E-state index contributed by atoms with van der Waals surface area (Å²) in [5.41, 5.74) is 3.15. The van der Waals surface area contributed by atoms with Gasteiger partial charge >= 0.3 is 6.09 Å². The molecule has 3 amide bonds. The number of hydrogen-bond acceptors (Lipinski definition) is 4. The fraction of sp³-hybridized carbons (Fsp3) is 0.382. The molecule has 0 radical (unpaired) electrons. The Labute approximate surface area is 253 Å². The third-order valence-electron chi connectivity index (χ3n) is 7.34. The van der Waals surface area contributed by atoms with Crippen LogP contribution in [0.2, 0.25) is 5.02 Å². The van der Waals surface area contributed by atoms with Crippen molar-refractivity contribution in [3.63, 3.8) is 0 Å². The number of ether oxygens (including phenoxy) is 1. The molecule has 4 unspecified atom stereocenters. The predicted octanol–water partition coefficient (Wildman–Crippen LogP) is 7.01. The second-order valence-corrected chi connectivity index (χ2v) is 12.6. The molecular formula is C34H40ClN3O4. The Bertz CT molecular complexity index is 1400. The van der Waals surface area contributed by atoms with Gasteiger partial charge in [0.25, 0.3) is 5.91 Å². The molecule has 8 heteroatoms. The number of nitrogens with one attached hydrogen (secondary N) is 2. The maximum atomic E-state index is 14.6. The van der Waals surface area contributed by atoms with Crippen molar-refractivity contribution in [1.82, 2.24) is 10.2 Å². The highest BCUT2D eigenvalue weighted by atomic mass is 35.5. The monoisotopic (exact) mass is 589 g/mol. The van der Waals surface area contributed by atoms with Crippen molar-refractivity contribution < 1.29 is 19.1 Å². The zero-order valence-electron chi connectivity index (χ0n) is 25.1. The van der Waals surface area contributed by atoms with Crippen LogP contribution >= 0.6 is 11.6 Å². The van der Waals surface area contributed by atoms with Crippen molar-refractivity contribution in [3.05, 3.63) is 100 Å². The highest BCUT2D eigenvalue weighted by Crippen LogP contribution is 2.41. The van der Waals surface area contributed by atoms with E-state index in [1.165, 1.54) is 0 Å². The lowest BCUT2D eigenvalue weighted by Crippen LogP contribution is -2.54. The van der Waals surface area contributed by atoms with Gasteiger partial charge in [0.2, 0.25) is 5.91 Å². The predicted molar refractivity (Wildman–Crippen MR) is 166 cm³/mol. The van der Waals surface area contributed by atoms with Crippen molar-refractivity contribution in [3.8, 4) is 0 Å². The minimum Gasteiger partial charge on any atom is -0.444 e. The van der Waals surface area contributed by atoms with Crippen LogP contribution in [-0.2, 0) is 20.7 Å². The number of anilines is 1. The van der Waals surface area contributed by atoms with Crippen LogP contribution in [0.1, 0.15) is 62.4 Å². The second-order valence-electron chi connectivity index (χ2n) is 12.1. The van der Waals surface area contributed by atoms with Gasteiger partial charge in [-0.2, -0.15) is 0 Å². The van der Waals surface area contributed by atoms with E-state index in [0.29, 0.717) is 16.3 Å². The molecule has 3 aromatic rings. The summed E-state index contributed by atoms with van der Waals surface area (Å²) in [5, 5.41) is 6.24. The first-order chi connectivity index (χ1) is 19.8. The largest absolute Gasteiger partial charge is 0.444 e. The van der Waals surface area contributed by atoms with E-state index in [0.717, 1.165) is 23.1 Å². The maximum absolute atomic E-state index is 14.6. The molecule has 3 aromatic carbocycles. The van der Waals surface area contributed by atoms with Gasteiger partial charge in [-0.15, -0.1) is 0 Å². The van der Waals surface area contributed by atoms with Gasteiger partial charge in [-0.3, -0.25) is 9.59 Å². The Balaban J connectivity index is 1.76. The fourth-order valence-corrected chi connectivity index (χ4v) is 5.29. The number of rotatable bonds is 9. The molecule has 7 nitrogen and oxygen atoms in total. The zero-order chi connectivity index (χ0) is 30.6. The van der Waals surface area contributed by atoms with Crippen molar-refractivity contribution in [1.29, 1.82) is 0 Å². The van der Waals surface area contributed by atoms with Crippen LogP contribution in [0.5, 0.6) is 0 Å². The summed E-state index contributed by atoms with van der Waals surface area (Å²) in [4.78, 5) is 43.4. The summed E-state index contributed by atoms with van der Waals surface area (Å²) in [7, 11) is 0. The first kappa shape index (κ1) is 31.1. The molecular weight excluding hydrogens is 550 g/mol. The molecule has 0 heterocycles. The van der Waals surface area contributed by atoms with E-state index in [9.17, 15) is 14.4 Å². The molecule has 0 aromatic heterocycles. The van der Waals surface area contributed by atoms with E-state index in [4.69, 9.17) is 16.3 Å². The molecule has 1 fully saturated rings. The Morgan fingerprint density at radius 3 is 2.19 bits per heavy atom. The minimum atomic E-state index is -0.960. The Kier molecular flexibility index (Phi) is 9.62. The topological polar surface area (TPSA) is 87.7 Å². The lowest BCUT2D eigenvalue weighted by atomic mass is 9.99. The average molecular weight is 590 g/mol. The lowest BCUT2D eigenvalue weighted by Gasteiger charge is -2.35. The number of hydrogen-bond donors (Lipinski definition) is 2. The van der Waals surface area contributed by atoms with Gasteiger partial charge in [0.1, 0.15) is 17.7 Å². The van der Waals surface area contributed by atoms with E-state index in [2.05, 4.69) is 17.6 Å². The smallest absolute Gasteiger partial charge is 0.408 e. The van der Waals surface area contributed by atoms with Crippen LogP contribution in [0.3, 0.4) is 0 Å². The Morgan fingerprint density at radius 1 is 0.976 bits per heavy atom. The average Bonchev–Trinajstić information content (AvgIpc) is 3.64. The van der Waals surface area contributed by atoms with E-state index in [1.54, 1.807) is 31.7 Å². The van der Waals surface area contributed by atoms with Gasteiger partial charge in [0, 0.05) is 12.5 Å². The molecule has 0 saturated heterocycles. The molecule has 222 valence electrons. The third kappa shape index (κ3) is 7.91. The van der Waals surface area contributed by atoms with Crippen molar-refractivity contribution in [2.24, 2.45) is 5.92 Å². The number of carbonyl (C=O) groups is 3. The van der Waals surface area contributed by atoms with E-state index in [-0.39, 0.29) is 30.2 Å². The lowest BCUT2D eigenvalue weighted by molar-refractivity contribution is -0.141. The molecule has 1 saturated carbocycles. The quantitative estimate of drug-likeness (QED) is 0.281. The molecule has 2 N–H and O–H groups in total. The van der Waals surface area contributed by atoms with Gasteiger partial charge < -0.3 is 20.3 Å². The van der Waals surface area contributed by atoms with Crippen molar-refractivity contribution in [2.45, 2.75) is 78.1 Å². The number of halogens is 1. The van der Waals surface area contributed by atoms with E-state index in [1.807, 2.05) is 80.6 Å². The number of nitrogens with zero attached hydrogens (tertiary/aromatic N) is 1. The summed E-state index contributed by atoms with van der Waals surface area (Å²) >= 11 is 6.48. The molecule has 1 aliphatic carbocycles. The number of amides is 3. The van der Waals surface area contributed by atoms with Gasteiger partial charge in [0.15, 0.2) is 0 Å². The standard InChI is InChI=1S/C34H40ClN3O4/c1-21-15-17-25(18-16-21)30(31(39)37-29-22(2)11-10-14-26(29)35)38(28-19-23(28)3)32(40)27(20-24-12-8-7-9-13-24)36-33(41)42-34(4,5)6/h7-18,23,27-28,30H,19-20H2,1-6H3,(H,36,41)(H,37,39). The minimum absolute atomic E-state index is 0.180. The van der Waals surface area contributed by atoms with Gasteiger partial charge in [-0.1, -0.05) is 90.8 Å². The van der Waals surface area contributed by atoms with Gasteiger partial charge in [0.05, 0.1) is 10.7 Å². The molecule has 0 aliphatic heterocycles. The summed E-state index contributed by atoms with van der Waals surface area (Å²) in [6.45, 7) is 11.2. The van der Waals surface area contributed by atoms with Crippen LogP contribution in [0.25, 0.3) is 0 Å². The van der Waals surface area contributed by atoms with E-state index < -0.39 is 23.8 Å². The van der Waals surface area contributed by atoms with Gasteiger partial charge in [-0.25, -0.2) is 4.79 Å². The van der Waals surface area contributed by atoms with Crippen LogP contribution in [0, 0.1) is 19.8 Å². The zero-order valence-corrected chi connectivity index (χ0v) is 25.9. The molecule has 4 atom stereocenters. The van der Waals surface area contributed by atoms with E-state index >= 15 is 0 Å². The number of alkyl carbamates (subject to hydrolysis) is 1.